The van der Waals surface area contributed by atoms with Crippen LogP contribution in [-0.4, -0.2) is 6.61 Å². The van der Waals surface area contributed by atoms with E-state index >= 15 is 0 Å². The van der Waals surface area contributed by atoms with Crippen molar-refractivity contribution in [2.75, 3.05) is 6.61 Å². The van der Waals surface area contributed by atoms with Crippen molar-refractivity contribution in [2.24, 2.45) is 0 Å². The van der Waals surface area contributed by atoms with E-state index in [1.54, 1.807) is 12.1 Å². The third-order valence-electron chi connectivity index (χ3n) is 2.02. The molecule has 0 aliphatic carbocycles. The van der Waals surface area contributed by atoms with Crippen LogP contribution in [0.5, 0.6) is 5.75 Å². The number of fused-ring (bicyclic) bond motifs is 1. The fourth-order valence-corrected chi connectivity index (χ4v) is 1.74. The van der Waals surface area contributed by atoms with Crippen molar-refractivity contribution in [3.05, 3.63) is 51.8 Å². The Balaban J connectivity index is 2.64. The summed E-state index contributed by atoms with van der Waals surface area (Å²) >= 11 is 3.36. The highest BCUT2D eigenvalue weighted by Crippen LogP contribution is 2.26. The van der Waals surface area contributed by atoms with Gasteiger partial charge in [0, 0.05) is 4.47 Å². The number of hydrogen-bond donors (Lipinski definition) is 0. The first-order valence-electron chi connectivity index (χ1n) is 4.68. The largest absolute Gasteiger partial charge is 0.489 e. The van der Waals surface area contributed by atoms with Gasteiger partial charge >= 0.3 is 5.63 Å². The predicted molar refractivity (Wildman–Crippen MR) is 65.9 cm³/mol. The summed E-state index contributed by atoms with van der Waals surface area (Å²) in [5, 5.41) is 0.760. The lowest BCUT2D eigenvalue weighted by molar-refractivity contribution is 0.363. The van der Waals surface area contributed by atoms with E-state index in [9.17, 15) is 4.79 Å². The SMILES string of the molecule is C=CCOc1cc(=O)oc2ccc(Br)cc12. The third-order valence-corrected chi connectivity index (χ3v) is 2.52. The molecule has 0 atom stereocenters. The summed E-state index contributed by atoms with van der Waals surface area (Å²) in [6.07, 6.45) is 1.62. The Bertz CT molecular complexity index is 586. The Morgan fingerprint density at radius 3 is 3.00 bits per heavy atom. The fourth-order valence-electron chi connectivity index (χ4n) is 1.37. The molecular weight excluding hydrogens is 272 g/mol. The Hall–Kier alpha value is -1.55. The highest BCUT2D eigenvalue weighted by atomic mass is 79.9. The quantitative estimate of drug-likeness (QED) is 0.641. The van der Waals surface area contributed by atoms with Gasteiger partial charge in [0.25, 0.3) is 0 Å². The maximum Gasteiger partial charge on any atom is 0.339 e. The van der Waals surface area contributed by atoms with Gasteiger partial charge in [-0.3, -0.25) is 0 Å². The molecule has 0 N–H and O–H groups in total. The van der Waals surface area contributed by atoms with Gasteiger partial charge < -0.3 is 9.15 Å². The Labute approximate surface area is 100 Å². The lowest BCUT2D eigenvalue weighted by atomic mass is 10.2. The molecule has 0 fully saturated rings. The van der Waals surface area contributed by atoms with E-state index in [1.165, 1.54) is 6.07 Å². The number of benzene rings is 1. The first-order chi connectivity index (χ1) is 7.70. The number of hydrogen-bond acceptors (Lipinski definition) is 3. The second-order valence-electron chi connectivity index (χ2n) is 3.17. The van der Waals surface area contributed by atoms with E-state index in [4.69, 9.17) is 9.15 Å². The molecule has 3 nitrogen and oxygen atoms in total. The predicted octanol–water partition coefficient (Wildman–Crippen LogP) is 3.12. The molecule has 2 rings (SSSR count). The summed E-state index contributed by atoms with van der Waals surface area (Å²) in [4.78, 5) is 11.3. The monoisotopic (exact) mass is 280 g/mol. The van der Waals surface area contributed by atoms with Crippen LogP contribution in [-0.2, 0) is 0 Å². The van der Waals surface area contributed by atoms with Crippen molar-refractivity contribution in [2.45, 2.75) is 0 Å². The third kappa shape index (κ3) is 2.17. The van der Waals surface area contributed by atoms with Crippen molar-refractivity contribution < 1.29 is 9.15 Å². The molecule has 82 valence electrons. The van der Waals surface area contributed by atoms with Crippen LogP contribution in [0.1, 0.15) is 0 Å². The summed E-state index contributed by atoms with van der Waals surface area (Å²) in [5.41, 5.74) is 0.0867. The van der Waals surface area contributed by atoms with E-state index in [0.29, 0.717) is 17.9 Å². The van der Waals surface area contributed by atoms with E-state index in [1.807, 2.05) is 12.1 Å². The van der Waals surface area contributed by atoms with E-state index in [0.717, 1.165) is 9.86 Å². The van der Waals surface area contributed by atoms with E-state index in [2.05, 4.69) is 22.5 Å². The van der Waals surface area contributed by atoms with E-state index in [-0.39, 0.29) is 0 Å². The Kier molecular flexibility index (Phi) is 3.10. The van der Waals surface area contributed by atoms with Gasteiger partial charge in [-0.2, -0.15) is 0 Å². The topological polar surface area (TPSA) is 39.4 Å². The minimum atomic E-state index is -0.422. The minimum Gasteiger partial charge on any atom is -0.489 e. The van der Waals surface area contributed by atoms with Crippen LogP contribution in [0.4, 0.5) is 0 Å². The second-order valence-corrected chi connectivity index (χ2v) is 4.09. The summed E-state index contributed by atoms with van der Waals surface area (Å²) < 4.78 is 11.4. The Morgan fingerprint density at radius 2 is 2.25 bits per heavy atom. The summed E-state index contributed by atoms with van der Waals surface area (Å²) in [6, 6.07) is 6.71. The molecule has 1 heterocycles. The van der Waals surface area contributed by atoms with Gasteiger partial charge in [0.05, 0.1) is 11.5 Å². The number of ether oxygens (including phenoxy) is 1. The van der Waals surface area contributed by atoms with Crippen LogP contribution < -0.4 is 10.4 Å². The molecule has 0 bridgehead atoms. The lowest BCUT2D eigenvalue weighted by Crippen LogP contribution is -2.01. The average Bonchev–Trinajstić information content (AvgIpc) is 2.26. The molecule has 1 aromatic carbocycles. The van der Waals surface area contributed by atoms with Crippen molar-refractivity contribution in [3.8, 4) is 5.75 Å². The van der Waals surface area contributed by atoms with Crippen molar-refractivity contribution >= 4 is 26.9 Å². The molecule has 4 heteroatoms. The van der Waals surface area contributed by atoms with Crippen molar-refractivity contribution in [1.82, 2.24) is 0 Å². The highest BCUT2D eigenvalue weighted by molar-refractivity contribution is 9.10. The maximum absolute atomic E-state index is 11.3. The van der Waals surface area contributed by atoms with Gasteiger partial charge in [-0.1, -0.05) is 28.6 Å². The van der Waals surface area contributed by atoms with Crippen LogP contribution in [0.3, 0.4) is 0 Å². The van der Waals surface area contributed by atoms with Crippen LogP contribution in [0, 0.1) is 0 Å². The molecule has 0 unspecified atom stereocenters. The first kappa shape index (κ1) is 11.0. The van der Waals surface area contributed by atoms with Gasteiger partial charge in [0.15, 0.2) is 0 Å². The lowest BCUT2D eigenvalue weighted by Gasteiger charge is -2.06. The molecule has 1 aromatic heterocycles. The number of halogens is 1. The second kappa shape index (κ2) is 4.53. The molecule has 0 aliphatic heterocycles. The van der Waals surface area contributed by atoms with Gasteiger partial charge in [-0.25, -0.2) is 4.79 Å². The van der Waals surface area contributed by atoms with Crippen molar-refractivity contribution in [1.29, 1.82) is 0 Å². The smallest absolute Gasteiger partial charge is 0.339 e. The zero-order valence-electron chi connectivity index (χ0n) is 8.40. The molecular formula is C12H9BrO3. The van der Waals surface area contributed by atoms with E-state index < -0.39 is 5.63 Å². The zero-order chi connectivity index (χ0) is 11.5. The van der Waals surface area contributed by atoms with Gasteiger partial charge in [0.1, 0.15) is 17.9 Å². The molecule has 2 aromatic rings. The Morgan fingerprint density at radius 1 is 1.44 bits per heavy atom. The molecule has 16 heavy (non-hydrogen) atoms. The normalized spacial score (nSPS) is 10.3. The van der Waals surface area contributed by atoms with Crippen LogP contribution in [0.15, 0.2) is 50.6 Å². The summed E-state index contributed by atoms with van der Waals surface area (Å²) in [7, 11) is 0. The minimum absolute atomic E-state index is 0.352. The zero-order valence-corrected chi connectivity index (χ0v) is 9.99. The molecule has 0 aliphatic rings. The first-order valence-corrected chi connectivity index (χ1v) is 5.47. The van der Waals surface area contributed by atoms with Gasteiger partial charge in [-0.15, -0.1) is 0 Å². The molecule has 0 amide bonds. The fraction of sp³-hybridized carbons (Fsp3) is 0.0833. The van der Waals surface area contributed by atoms with Crippen molar-refractivity contribution in [3.63, 3.8) is 0 Å². The number of rotatable bonds is 3. The molecule has 0 radical (unpaired) electrons. The summed E-state index contributed by atoms with van der Waals surface area (Å²) in [5.74, 6) is 0.507. The van der Waals surface area contributed by atoms with Crippen LogP contribution >= 0.6 is 15.9 Å². The molecule has 0 spiro atoms. The molecule has 0 saturated heterocycles. The van der Waals surface area contributed by atoms with Gasteiger partial charge in [0.2, 0.25) is 0 Å². The maximum atomic E-state index is 11.3. The summed E-state index contributed by atoms with van der Waals surface area (Å²) in [6.45, 7) is 3.91. The molecule has 0 saturated carbocycles. The average molecular weight is 281 g/mol. The van der Waals surface area contributed by atoms with Crippen LogP contribution in [0.25, 0.3) is 11.0 Å². The highest BCUT2D eigenvalue weighted by Gasteiger charge is 2.06. The van der Waals surface area contributed by atoms with Crippen LogP contribution in [0.2, 0.25) is 0 Å². The standard InChI is InChI=1S/C12H9BrO3/c1-2-5-15-11-7-12(14)16-10-4-3-8(13)6-9(10)11/h2-4,6-7H,1,5H2. The van der Waals surface area contributed by atoms with Gasteiger partial charge in [-0.05, 0) is 18.2 Å².